The van der Waals surface area contributed by atoms with Crippen molar-refractivity contribution in [3.8, 4) is 0 Å². The van der Waals surface area contributed by atoms with Gasteiger partial charge in [0.1, 0.15) is 4.90 Å². The number of nitro benzene ring substituents is 1. The first-order valence-electron chi connectivity index (χ1n) is 5.38. The van der Waals surface area contributed by atoms with Crippen LogP contribution in [0.1, 0.15) is 0 Å². The standard InChI is InChI=1S/C10H15N3O5S/c1-11-9-7-8(13(15)16)3-4-10(9)19(17,18)12(2)5-6-14/h3-4,7,11,14H,5-6H2,1-2H3. The van der Waals surface area contributed by atoms with Gasteiger partial charge in [-0.2, -0.15) is 4.31 Å². The topological polar surface area (TPSA) is 113 Å². The van der Waals surface area contributed by atoms with Crippen molar-refractivity contribution >= 4 is 21.4 Å². The van der Waals surface area contributed by atoms with Crippen LogP contribution in [0, 0.1) is 10.1 Å². The van der Waals surface area contributed by atoms with E-state index in [2.05, 4.69) is 5.32 Å². The Balaban J connectivity index is 3.31. The van der Waals surface area contributed by atoms with Crippen LogP contribution in [0.25, 0.3) is 0 Å². The molecule has 8 nitrogen and oxygen atoms in total. The van der Waals surface area contributed by atoms with E-state index in [-0.39, 0.29) is 29.4 Å². The monoisotopic (exact) mass is 289 g/mol. The average molecular weight is 289 g/mol. The molecule has 0 aliphatic carbocycles. The van der Waals surface area contributed by atoms with Crippen LogP contribution in [0.15, 0.2) is 23.1 Å². The van der Waals surface area contributed by atoms with Crippen molar-refractivity contribution in [1.29, 1.82) is 0 Å². The first-order chi connectivity index (χ1) is 8.84. The summed E-state index contributed by atoms with van der Waals surface area (Å²) in [5.74, 6) is 0. The largest absolute Gasteiger partial charge is 0.395 e. The Morgan fingerprint density at radius 3 is 2.58 bits per heavy atom. The summed E-state index contributed by atoms with van der Waals surface area (Å²) < 4.78 is 25.4. The molecular formula is C10H15N3O5S. The number of non-ortho nitro benzene ring substituents is 1. The van der Waals surface area contributed by atoms with Gasteiger partial charge in [-0.1, -0.05) is 0 Å². The van der Waals surface area contributed by atoms with Crippen LogP contribution in [-0.2, 0) is 10.0 Å². The molecule has 0 aliphatic heterocycles. The molecule has 0 saturated carbocycles. The highest BCUT2D eigenvalue weighted by molar-refractivity contribution is 7.89. The molecule has 1 rings (SSSR count). The van der Waals surface area contributed by atoms with Crippen LogP contribution < -0.4 is 5.32 Å². The molecule has 1 aromatic rings. The maximum atomic E-state index is 12.2. The smallest absolute Gasteiger partial charge is 0.271 e. The predicted octanol–water partition coefficient (Wildman–Crippen LogP) is 0.249. The summed E-state index contributed by atoms with van der Waals surface area (Å²) in [6.07, 6.45) is 0. The number of hydrogen-bond acceptors (Lipinski definition) is 6. The fourth-order valence-electron chi connectivity index (χ4n) is 1.48. The number of sulfonamides is 1. The SMILES string of the molecule is CNc1cc([N+](=O)[O-])ccc1S(=O)(=O)N(C)CCO. The predicted molar refractivity (Wildman–Crippen MR) is 69.5 cm³/mol. The molecule has 0 saturated heterocycles. The van der Waals surface area contributed by atoms with Crippen molar-refractivity contribution in [2.45, 2.75) is 4.90 Å². The van der Waals surface area contributed by atoms with E-state index in [1.807, 2.05) is 0 Å². The van der Waals surface area contributed by atoms with Gasteiger partial charge in [-0.15, -0.1) is 0 Å². The summed E-state index contributed by atoms with van der Waals surface area (Å²) in [6.45, 7) is -0.361. The number of nitro groups is 1. The quantitative estimate of drug-likeness (QED) is 0.573. The van der Waals surface area contributed by atoms with Crippen LogP contribution in [-0.4, -0.2) is 50.0 Å². The zero-order valence-electron chi connectivity index (χ0n) is 10.5. The Labute approximate surface area is 110 Å². The number of nitrogens with zero attached hydrogens (tertiary/aromatic N) is 2. The van der Waals surface area contributed by atoms with E-state index in [0.717, 1.165) is 16.4 Å². The molecule has 0 atom stereocenters. The van der Waals surface area contributed by atoms with Gasteiger partial charge in [0.15, 0.2) is 0 Å². The minimum atomic E-state index is -3.80. The number of benzene rings is 1. The lowest BCUT2D eigenvalue weighted by atomic mass is 10.3. The third-order valence-corrected chi connectivity index (χ3v) is 4.46. The minimum Gasteiger partial charge on any atom is -0.395 e. The van der Waals surface area contributed by atoms with E-state index >= 15 is 0 Å². The third kappa shape index (κ3) is 3.19. The molecule has 0 aliphatic rings. The highest BCUT2D eigenvalue weighted by atomic mass is 32.2. The summed E-state index contributed by atoms with van der Waals surface area (Å²) in [5, 5.41) is 22.1. The summed E-state index contributed by atoms with van der Waals surface area (Å²) in [4.78, 5) is 9.98. The second-order valence-electron chi connectivity index (χ2n) is 3.74. The summed E-state index contributed by atoms with van der Waals surface area (Å²) in [7, 11) is -0.996. The van der Waals surface area contributed by atoms with Crippen molar-refractivity contribution in [1.82, 2.24) is 4.31 Å². The lowest BCUT2D eigenvalue weighted by Gasteiger charge is -2.18. The van der Waals surface area contributed by atoms with Gasteiger partial charge in [0.25, 0.3) is 5.69 Å². The molecular weight excluding hydrogens is 274 g/mol. The lowest BCUT2D eigenvalue weighted by Crippen LogP contribution is -2.30. The third-order valence-electron chi connectivity index (χ3n) is 2.55. The van der Waals surface area contributed by atoms with Crippen LogP contribution in [0.5, 0.6) is 0 Å². The number of hydrogen-bond donors (Lipinski definition) is 2. The first-order valence-corrected chi connectivity index (χ1v) is 6.82. The fraction of sp³-hybridized carbons (Fsp3) is 0.400. The van der Waals surface area contributed by atoms with Crippen LogP contribution in [0.4, 0.5) is 11.4 Å². The Morgan fingerprint density at radius 1 is 1.47 bits per heavy atom. The van der Waals surface area contributed by atoms with E-state index in [0.29, 0.717) is 0 Å². The van der Waals surface area contributed by atoms with E-state index in [9.17, 15) is 18.5 Å². The Hall–Kier alpha value is -1.71. The van der Waals surface area contributed by atoms with Crippen molar-refractivity contribution in [2.75, 3.05) is 32.6 Å². The number of anilines is 1. The highest BCUT2D eigenvalue weighted by Crippen LogP contribution is 2.27. The molecule has 106 valence electrons. The van der Waals surface area contributed by atoms with Crippen LogP contribution in [0.3, 0.4) is 0 Å². The van der Waals surface area contributed by atoms with Crippen molar-refractivity contribution in [3.63, 3.8) is 0 Å². The Bertz CT molecular complexity index is 573. The van der Waals surface area contributed by atoms with Gasteiger partial charge in [0, 0.05) is 32.8 Å². The lowest BCUT2D eigenvalue weighted by molar-refractivity contribution is -0.384. The number of rotatable bonds is 6. The molecule has 0 heterocycles. The van der Waals surface area contributed by atoms with Gasteiger partial charge in [0.05, 0.1) is 17.2 Å². The first kappa shape index (κ1) is 15.3. The highest BCUT2D eigenvalue weighted by Gasteiger charge is 2.25. The second-order valence-corrected chi connectivity index (χ2v) is 5.75. The zero-order valence-corrected chi connectivity index (χ0v) is 11.3. The zero-order chi connectivity index (χ0) is 14.6. The van der Waals surface area contributed by atoms with Gasteiger partial charge in [0.2, 0.25) is 10.0 Å². The Kier molecular flexibility index (Phi) is 4.81. The van der Waals surface area contributed by atoms with E-state index in [1.165, 1.54) is 20.2 Å². The summed E-state index contributed by atoms with van der Waals surface area (Å²) in [5.41, 5.74) is -0.0629. The molecule has 0 bridgehead atoms. The summed E-state index contributed by atoms with van der Waals surface area (Å²) >= 11 is 0. The fourth-order valence-corrected chi connectivity index (χ4v) is 2.82. The number of nitrogens with one attached hydrogen (secondary N) is 1. The van der Waals surface area contributed by atoms with Crippen LogP contribution >= 0.6 is 0 Å². The molecule has 1 aromatic carbocycles. The van der Waals surface area contributed by atoms with Gasteiger partial charge in [-0.25, -0.2) is 8.42 Å². The summed E-state index contributed by atoms with van der Waals surface area (Å²) in [6, 6.07) is 3.45. The maximum absolute atomic E-state index is 12.2. The molecule has 9 heteroatoms. The maximum Gasteiger partial charge on any atom is 0.271 e. The number of likely N-dealkylation sites (N-methyl/N-ethyl adjacent to an activating group) is 1. The normalized spacial score (nSPS) is 11.6. The number of aliphatic hydroxyl groups excluding tert-OH is 1. The average Bonchev–Trinajstić information content (AvgIpc) is 2.38. The van der Waals surface area contributed by atoms with Gasteiger partial charge in [-0.3, -0.25) is 10.1 Å². The second kappa shape index (κ2) is 5.95. The van der Waals surface area contributed by atoms with E-state index in [4.69, 9.17) is 5.11 Å². The van der Waals surface area contributed by atoms with Crippen molar-refractivity contribution in [2.24, 2.45) is 0 Å². The van der Waals surface area contributed by atoms with Crippen molar-refractivity contribution < 1.29 is 18.4 Å². The minimum absolute atomic E-state index is 0.0531. The molecule has 19 heavy (non-hydrogen) atoms. The molecule has 0 amide bonds. The Morgan fingerprint density at radius 2 is 2.11 bits per heavy atom. The molecule has 0 aromatic heterocycles. The van der Waals surface area contributed by atoms with Crippen LogP contribution in [0.2, 0.25) is 0 Å². The van der Waals surface area contributed by atoms with E-state index in [1.54, 1.807) is 0 Å². The molecule has 0 spiro atoms. The van der Waals surface area contributed by atoms with Gasteiger partial charge >= 0.3 is 0 Å². The molecule has 0 unspecified atom stereocenters. The molecule has 0 radical (unpaired) electrons. The van der Waals surface area contributed by atoms with Crippen molar-refractivity contribution in [3.05, 3.63) is 28.3 Å². The van der Waals surface area contributed by atoms with Gasteiger partial charge < -0.3 is 10.4 Å². The van der Waals surface area contributed by atoms with E-state index < -0.39 is 14.9 Å². The molecule has 2 N–H and O–H groups in total. The molecule has 0 fully saturated rings. The number of aliphatic hydroxyl groups is 1. The van der Waals surface area contributed by atoms with Gasteiger partial charge in [-0.05, 0) is 6.07 Å².